The second kappa shape index (κ2) is 4.36. The van der Waals surface area contributed by atoms with Crippen LogP contribution in [0.1, 0.15) is 44.6 Å². The van der Waals surface area contributed by atoms with Gasteiger partial charge in [0.25, 0.3) is 0 Å². The molecule has 1 aliphatic carbocycles. The summed E-state index contributed by atoms with van der Waals surface area (Å²) in [5.41, 5.74) is 0.511. The molecule has 1 atom stereocenters. The molecule has 15 heavy (non-hydrogen) atoms. The lowest BCUT2D eigenvalue weighted by atomic mass is 9.78. The Bertz CT molecular complexity index is 300. The minimum absolute atomic E-state index is 0.463. The standard InChI is InChI=1S/C14H20O/c1-2-14(15,13-10-6-7-11-13)12-8-4-3-5-9-12/h3-5,8-9,13,15H,2,6-7,10-11H2,1H3. The summed E-state index contributed by atoms with van der Waals surface area (Å²) in [6.45, 7) is 2.09. The van der Waals surface area contributed by atoms with Crippen molar-refractivity contribution in [1.29, 1.82) is 0 Å². The lowest BCUT2D eigenvalue weighted by molar-refractivity contribution is -0.0256. The smallest absolute Gasteiger partial charge is 0.0921 e. The van der Waals surface area contributed by atoms with Crippen molar-refractivity contribution in [1.82, 2.24) is 0 Å². The Labute approximate surface area is 92.1 Å². The molecule has 1 saturated carbocycles. The van der Waals surface area contributed by atoms with Crippen LogP contribution in [0.25, 0.3) is 0 Å². The van der Waals surface area contributed by atoms with E-state index in [0.717, 1.165) is 12.0 Å². The third kappa shape index (κ3) is 1.93. The first-order valence-corrected chi connectivity index (χ1v) is 6.05. The zero-order valence-electron chi connectivity index (χ0n) is 9.45. The Hall–Kier alpha value is -0.820. The Morgan fingerprint density at radius 3 is 2.33 bits per heavy atom. The molecule has 0 amide bonds. The fourth-order valence-corrected chi connectivity index (χ4v) is 2.86. The van der Waals surface area contributed by atoms with Gasteiger partial charge in [-0.05, 0) is 30.7 Å². The van der Waals surface area contributed by atoms with Gasteiger partial charge in [0.1, 0.15) is 0 Å². The van der Waals surface area contributed by atoms with Crippen LogP contribution in [0.3, 0.4) is 0 Å². The van der Waals surface area contributed by atoms with Gasteiger partial charge in [0.15, 0.2) is 0 Å². The maximum Gasteiger partial charge on any atom is 0.0921 e. The minimum Gasteiger partial charge on any atom is -0.385 e. The molecule has 0 saturated heterocycles. The second-order valence-corrected chi connectivity index (χ2v) is 4.63. The fraction of sp³-hybridized carbons (Fsp3) is 0.571. The largest absolute Gasteiger partial charge is 0.385 e. The van der Waals surface area contributed by atoms with E-state index in [9.17, 15) is 5.11 Å². The zero-order chi connectivity index (χ0) is 10.7. The molecule has 1 aliphatic rings. The van der Waals surface area contributed by atoms with Crippen LogP contribution in [0.5, 0.6) is 0 Å². The van der Waals surface area contributed by atoms with E-state index in [2.05, 4.69) is 19.1 Å². The van der Waals surface area contributed by atoms with E-state index in [1.165, 1.54) is 25.7 Å². The van der Waals surface area contributed by atoms with E-state index in [0.29, 0.717) is 5.92 Å². The highest BCUT2D eigenvalue weighted by molar-refractivity contribution is 5.23. The molecule has 1 nitrogen and oxygen atoms in total. The van der Waals surface area contributed by atoms with Crippen molar-refractivity contribution >= 4 is 0 Å². The molecule has 0 bridgehead atoms. The maximum atomic E-state index is 10.8. The van der Waals surface area contributed by atoms with Crippen molar-refractivity contribution in [3.63, 3.8) is 0 Å². The molecule has 1 heteroatoms. The molecule has 82 valence electrons. The summed E-state index contributed by atoms with van der Waals surface area (Å²) in [4.78, 5) is 0. The van der Waals surface area contributed by atoms with Crippen LogP contribution < -0.4 is 0 Å². The average molecular weight is 204 g/mol. The van der Waals surface area contributed by atoms with Gasteiger partial charge in [-0.1, -0.05) is 50.1 Å². The van der Waals surface area contributed by atoms with E-state index in [1.807, 2.05) is 18.2 Å². The lowest BCUT2D eigenvalue weighted by Crippen LogP contribution is -2.32. The number of aliphatic hydroxyl groups is 1. The monoisotopic (exact) mass is 204 g/mol. The van der Waals surface area contributed by atoms with Gasteiger partial charge >= 0.3 is 0 Å². The second-order valence-electron chi connectivity index (χ2n) is 4.63. The first-order valence-electron chi connectivity index (χ1n) is 6.05. The summed E-state index contributed by atoms with van der Waals surface area (Å²) in [5.74, 6) is 0.463. The fourth-order valence-electron chi connectivity index (χ4n) is 2.86. The molecule has 1 fully saturated rings. The van der Waals surface area contributed by atoms with Gasteiger partial charge in [0.05, 0.1) is 5.60 Å². The minimum atomic E-state index is -0.586. The van der Waals surface area contributed by atoms with Crippen LogP contribution in [0.2, 0.25) is 0 Å². The molecular formula is C14H20O. The molecule has 1 N–H and O–H groups in total. The van der Waals surface area contributed by atoms with Crippen LogP contribution >= 0.6 is 0 Å². The third-order valence-corrected chi connectivity index (χ3v) is 3.84. The van der Waals surface area contributed by atoms with Crippen molar-refractivity contribution < 1.29 is 5.11 Å². The predicted octanol–water partition coefficient (Wildman–Crippen LogP) is 3.47. The Kier molecular flexibility index (Phi) is 3.11. The molecule has 1 aromatic rings. The van der Waals surface area contributed by atoms with Crippen LogP contribution in [0.15, 0.2) is 30.3 Å². The number of hydrogen-bond acceptors (Lipinski definition) is 1. The molecule has 1 aromatic carbocycles. The van der Waals surface area contributed by atoms with E-state index in [1.54, 1.807) is 0 Å². The normalized spacial score (nSPS) is 21.5. The van der Waals surface area contributed by atoms with E-state index < -0.39 is 5.60 Å². The highest BCUT2D eigenvalue weighted by Crippen LogP contribution is 2.42. The predicted molar refractivity (Wildman–Crippen MR) is 62.6 cm³/mol. The number of rotatable bonds is 3. The van der Waals surface area contributed by atoms with E-state index in [4.69, 9.17) is 0 Å². The molecule has 0 radical (unpaired) electrons. The average Bonchev–Trinajstić information content (AvgIpc) is 2.83. The van der Waals surface area contributed by atoms with Crippen LogP contribution in [0, 0.1) is 5.92 Å². The number of hydrogen-bond donors (Lipinski definition) is 1. The molecule has 0 aromatic heterocycles. The van der Waals surface area contributed by atoms with Crippen molar-refractivity contribution in [3.8, 4) is 0 Å². The summed E-state index contributed by atoms with van der Waals surface area (Å²) in [7, 11) is 0. The van der Waals surface area contributed by atoms with Gasteiger partial charge < -0.3 is 5.11 Å². The Morgan fingerprint density at radius 2 is 1.80 bits per heavy atom. The quantitative estimate of drug-likeness (QED) is 0.799. The summed E-state index contributed by atoms with van der Waals surface area (Å²) < 4.78 is 0. The summed E-state index contributed by atoms with van der Waals surface area (Å²) in [5, 5.41) is 10.8. The Balaban J connectivity index is 2.28. The number of benzene rings is 1. The summed E-state index contributed by atoms with van der Waals surface area (Å²) in [6, 6.07) is 10.2. The van der Waals surface area contributed by atoms with Gasteiger partial charge in [0, 0.05) is 0 Å². The van der Waals surface area contributed by atoms with Gasteiger partial charge in [-0.3, -0.25) is 0 Å². The highest BCUT2D eigenvalue weighted by Gasteiger charge is 2.37. The topological polar surface area (TPSA) is 20.2 Å². The molecular weight excluding hydrogens is 184 g/mol. The van der Waals surface area contributed by atoms with Gasteiger partial charge in [-0.2, -0.15) is 0 Å². The lowest BCUT2D eigenvalue weighted by Gasteiger charge is -2.33. The molecule has 0 heterocycles. The molecule has 1 unspecified atom stereocenters. The van der Waals surface area contributed by atoms with E-state index >= 15 is 0 Å². The molecule has 0 spiro atoms. The molecule has 2 rings (SSSR count). The van der Waals surface area contributed by atoms with Crippen LogP contribution in [-0.2, 0) is 5.60 Å². The van der Waals surface area contributed by atoms with Crippen molar-refractivity contribution in [2.75, 3.05) is 0 Å². The zero-order valence-corrected chi connectivity index (χ0v) is 9.45. The van der Waals surface area contributed by atoms with Crippen molar-refractivity contribution in [2.24, 2.45) is 5.92 Å². The third-order valence-electron chi connectivity index (χ3n) is 3.84. The summed E-state index contributed by atoms with van der Waals surface area (Å²) >= 11 is 0. The highest BCUT2D eigenvalue weighted by atomic mass is 16.3. The van der Waals surface area contributed by atoms with Crippen LogP contribution in [-0.4, -0.2) is 5.11 Å². The SMILES string of the molecule is CCC(O)(c1ccccc1)C1CCCC1. The van der Waals surface area contributed by atoms with Gasteiger partial charge in [0.2, 0.25) is 0 Å². The van der Waals surface area contributed by atoms with Gasteiger partial charge in [-0.15, -0.1) is 0 Å². The Morgan fingerprint density at radius 1 is 1.20 bits per heavy atom. The summed E-state index contributed by atoms with van der Waals surface area (Å²) in [6.07, 6.45) is 5.74. The van der Waals surface area contributed by atoms with E-state index in [-0.39, 0.29) is 0 Å². The van der Waals surface area contributed by atoms with Crippen molar-refractivity contribution in [2.45, 2.75) is 44.6 Å². The van der Waals surface area contributed by atoms with Gasteiger partial charge in [-0.25, -0.2) is 0 Å². The maximum absolute atomic E-state index is 10.8. The first-order chi connectivity index (χ1) is 7.27. The molecule has 0 aliphatic heterocycles. The first kappa shape index (κ1) is 10.7. The van der Waals surface area contributed by atoms with Crippen molar-refractivity contribution in [3.05, 3.63) is 35.9 Å². The van der Waals surface area contributed by atoms with Crippen LogP contribution in [0.4, 0.5) is 0 Å².